The zero-order valence-corrected chi connectivity index (χ0v) is 10.3. The normalized spacial score (nSPS) is 11.6. The van der Waals surface area contributed by atoms with Crippen LogP contribution < -0.4 is 10.5 Å². The van der Waals surface area contributed by atoms with Crippen LogP contribution in [0.3, 0.4) is 0 Å². The van der Waals surface area contributed by atoms with Crippen molar-refractivity contribution in [2.45, 2.75) is 26.2 Å². The molecule has 0 saturated heterocycles. The van der Waals surface area contributed by atoms with Crippen molar-refractivity contribution < 1.29 is 9.13 Å². The second-order valence-electron chi connectivity index (χ2n) is 4.01. The fraction of sp³-hybridized carbons (Fsp3) is 0.429. The summed E-state index contributed by atoms with van der Waals surface area (Å²) in [4.78, 5) is 0. The van der Waals surface area contributed by atoms with Crippen molar-refractivity contribution in [2.24, 2.45) is 5.73 Å². The van der Waals surface area contributed by atoms with Crippen molar-refractivity contribution in [1.82, 2.24) is 0 Å². The first-order chi connectivity index (χ1) is 8.30. The molecule has 1 aromatic carbocycles. The van der Waals surface area contributed by atoms with Crippen molar-refractivity contribution in [2.75, 3.05) is 13.2 Å². The number of benzene rings is 1. The summed E-state index contributed by atoms with van der Waals surface area (Å²) in [6.45, 7) is 2.57. The first-order valence-corrected chi connectivity index (χ1v) is 6.00. The average molecular weight is 237 g/mol. The van der Waals surface area contributed by atoms with Crippen molar-refractivity contribution >= 4 is 0 Å². The molecule has 2 nitrogen and oxygen atoms in total. The minimum Gasteiger partial charge on any atom is -0.489 e. The zero-order valence-electron chi connectivity index (χ0n) is 10.3. The first kappa shape index (κ1) is 13.7. The summed E-state index contributed by atoms with van der Waals surface area (Å²) < 4.78 is 17.8. The molecule has 3 heteroatoms. The molecule has 0 aliphatic heterocycles. The summed E-state index contributed by atoms with van der Waals surface area (Å²) in [6.07, 6.45) is 3.91. The van der Waals surface area contributed by atoms with Crippen LogP contribution in [0.15, 0.2) is 36.2 Å². The van der Waals surface area contributed by atoms with Gasteiger partial charge in [0.05, 0.1) is 6.33 Å². The second-order valence-corrected chi connectivity index (χ2v) is 4.01. The van der Waals surface area contributed by atoms with Crippen LogP contribution in [-0.2, 0) is 6.42 Å². The number of halogens is 1. The van der Waals surface area contributed by atoms with Gasteiger partial charge in [-0.3, -0.25) is 0 Å². The molecule has 0 aromatic heterocycles. The largest absolute Gasteiger partial charge is 0.489 e. The van der Waals surface area contributed by atoms with E-state index in [2.05, 4.69) is 13.0 Å². The van der Waals surface area contributed by atoms with Gasteiger partial charge in [0.25, 0.3) is 0 Å². The molecule has 0 spiro atoms. The van der Waals surface area contributed by atoms with Crippen molar-refractivity contribution in [1.29, 1.82) is 0 Å². The third-order valence-electron chi connectivity index (χ3n) is 2.56. The van der Waals surface area contributed by atoms with Gasteiger partial charge < -0.3 is 10.5 Å². The van der Waals surface area contributed by atoms with E-state index in [-0.39, 0.29) is 13.2 Å². The molecule has 17 heavy (non-hydrogen) atoms. The minimum atomic E-state index is 0.187. The highest BCUT2D eigenvalue weighted by Gasteiger charge is 1.99. The third-order valence-corrected chi connectivity index (χ3v) is 2.56. The van der Waals surface area contributed by atoms with Gasteiger partial charge in [0, 0.05) is 12.1 Å². The van der Waals surface area contributed by atoms with E-state index in [9.17, 15) is 4.39 Å². The molecule has 0 aliphatic rings. The number of ether oxygens (including phenoxy) is 1. The molecule has 0 aliphatic carbocycles. The van der Waals surface area contributed by atoms with Gasteiger partial charge in [-0.2, -0.15) is 0 Å². The maximum atomic E-state index is 12.3. The Bertz CT molecular complexity index is 363. The highest BCUT2D eigenvalue weighted by atomic mass is 19.1. The van der Waals surface area contributed by atoms with E-state index in [1.54, 1.807) is 0 Å². The summed E-state index contributed by atoms with van der Waals surface area (Å²) >= 11 is 0. The molecule has 0 saturated carbocycles. The molecular formula is C14H20FNO. The van der Waals surface area contributed by atoms with Crippen LogP contribution in [0.25, 0.3) is 0 Å². The number of rotatable bonds is 7. The smallest absolute Gasteiger partial charge is 0.120 e. The molecule has 0 heterocycles. The fourth-order valence-electron chi connectivity index (χ4n) is 1.48. The molecule has 1 rings (SSSR count). The maximum absolute atomic E-state index is 12.3. The predicted octanol–water partition coefficient (Wildman–Crippen LogP) is 3.22. The number of unbranched alkanes of at least 4 members (excludes halogenated alkanes) is 1. The van der Waals surface area contributed by atoms with Crippen LogP contribution in [-0.4, -0.2) is 13.2 Å². The van der Waals surface area contributed by atoms with Gasteiger partial charge in [0.1, 0.15) is 12.4 Å². The van der Waals surface area contributed by atoms with Crippen LogP contribution in [0, 0.1) is 0 Å². The lowest BCUT2D eigenvalue weighted by molar-refractivity contribution is 0.347. The van der Waals surface area contributed by atoms with E-state index in [1.807, 2.05) is 18.2 Å². The van der Waals surface area contributed by atoms with Crippen molar-refractivity contribution in [3.8, 4) is 5.75 Å². The van der Waals surface area contributed by atoms with Gasteiger partial charge in [-0.05, 0) is 30.5 Å². The highest BCUT2D eigenvalue weighted by molar-refractivity contribution is 5.29. The summed E-state index contributed by atoms with van der Waals surface area (Å²) in [5, 5.41) is 0. The Hall–Kier alpha value is -1.35. The molecule has 94 valence electrons. The average Bonchev–Trinajstić information content (AvgIpc) is 2.38. The Morgan fingerprint density at radius 3 is 2.94 bits per heavy atom. The monoisotopic (exact) mass is 237 g/mol. The van der Waals surface area contributed by atoms with Crippen molar-refractivity contribution in [3.63, 3.8) is 0 Å². The topological polar surface area (TPSA) is 35.2 Å². The zero-order chi connectivity index (χ0) is 12.5. The van der Waals surface area contributed by atoms with Gasteiger partial charge in [0.2, 0.25) is 0 Å². The Morgan fingerprint density at radius 2 is 2.29 bits per heavy atom. The number of hydrogen-bond donors (Lipinski definition) is 1. The SMILES string of the molecule is CCCCc1cccc(OC/C(=C/F)CN)c1. The van der Waals surface area contributed by atoms with Crippen LogP contribution in [0.5, 0.6) is 5.75 Å². The fourth-order valence-corrected chi connectivity index (χ4v) is 1.48. The summed E-state index contributed by atoms with van der Waals surface area (Å²) in [5.41, 5.74) is 7.07. The van der Waals surface area contributed by atoms with E-state index in [0.717, 1.165) is 12.2 Å². The molecule has 0 radical (unpaired) electrons. The molecular weight excluding hydrogens is 217 g/mol. The summed E-state index contributed by atoms with van der Waals surface area (Å²) in [6, 6.07) is 7.92. The molecule has 0 fully saturated rings. The van der Waals surface area contributed by atoms with E-state index in [4.69, 9.17) is 10.5 Å². The molecule has 2 N–H and O–H groups in total. The lowest BCUT2D eigenvalue weighted by Gasteiger charge is -2.08. The molecule has 0 amide bonds. The first-order valence-electron chi connectivity index (χ1n) is 6.00. The standard InChI is InChI=1S/C14H20FNO/c1-2-3-5-12-6-4-7-14(8-12)17-11-13(9-15)10-16/h4,6-9H,2-3,5,10-11,16H2,1H3/b13-9+. The third kappa shape index (κ3) is 5.00. The molecule has 1 aromatic rings. The summed E-state index contributed by atoms with van der Waals surface area (Å²) in [5.74, 6) is 0.770. The lowest BCUT2D eigenvalue weighted by Crippen LogP contribution is -2.10. The Labute approximate surface area is 102 Å². The molecule has 0 unspecified atom stereocenters. The Kier molecular flexibility index (Phi) is 6.33. The minimum absolute atomic E-state index is 0.187. The lowest BCUT2D eigenvalue weighted by atomic mass is 10.1. The Morgan fingerprint density at radius 1 is 1.47 bits per heavy atom. The van der Waals surface area contributed by atoms with Gasteiger partial charge in [0.15, 0.2) is 0 Å². The quantitative estimate of drug-likeness (QED) is 0.790. The summed E-state index contributed by atoms with van der Waals surface area (Å²) in [7, 11) is 0. The second kappa shape index (κ2) is 7.85. The number of hydrogen-bond acceptors (Lipinski definition) is 2. The Balaban J connectivity index is 2.53. The molecule has 0 atom stereocenters. The van der Waals surface area contributed by atoms with Crippen molar-refractivity contribution in [3.05, 3.63) is 41.7 Å². The van der Waals surface area contributed by atoms with Gasteiger partial charge in [-0.15, -0.1) is 0 Å². The number of nitrogens with two attached hydrogens (primary N) is 1. The van der Waals surface area contributed by atoms with Gasteiger partial charge in [-0.1, -0.05) is 25.5 Å². The van der Waals surface area contributed by atoms with Gasteiger partial charge in [-0.25, -0.2) is 4.39 Å². The van der Waals surface area contributed by atoms with Crippen LogP contribution >= 0.6 is 0 Å². The highest BCUT2D eigenvalue weighted by Crippen LogP contribution is 2.15. The van der Waals surface area contributed by atoms with Crippen LogP contribution in [0.2, 0.25) is 0 Å². The maximum Gasteiger partial charge on any atom is 0.120 e. The van der Waals surface area contributed by atoms with Crippen LogP contribution in [0.1, 0.15) is 25.3 Å². The van der Waals surface area contributed by atoms with E-state index in [1.165, 1.54) is 18.4 Å². The van der Waals surface area contributed by atoms with E-state index < -0.39 is 0 Å². The molecule has 0 bridgehead atoms. The van der Waals surface area contributed by atoms with Gasteiger partial charge >= 0.3 is 0 Å². The van der Waals surface area contributed by atoms with E-state index in [0.29, 0.717) is 11.9 Å². The number of aryl methyl sites for hydroxylation is 1. The van der Waals surface area contributed by atoms with Crippen LogP contribution in [0.4, 0.5) is 4.39 Å². The predicted molar refractivity (Wildman–Crippen MR) is 68.8 cm³/mol. The van der Waals surface area contributed by atoms with E-state index >= 15 is 0 Å².